The van der Waals surface area contributed by atoms with E-state index >= 15 is 0 Å². The van der Waals surface area contributed by atoms with E-state index in [0.717, 1.165) is 10.0 Å². The van der Waals surface area contributed by atoms with Crippen molar-refractivity contribution in [2.45, 2.75) is 4.90 Å². The Morgan fingerprint density at radius 2 is 1.68 bits per heavy atom. The van der Waals surface area contributed by atoms with Crippen molar-refractivity contribution in [2.75, 3.05) is 6.26 Å². The van der Waals surface area contributed by atoms with Crippen LogP contribution in [0.15, 0.2) is 80.7 Å². The molecule has 0 bridgehead atoms. The zero-order valence-corrected chi connectivity index (χ0v) is 17.9. The van der Waals surface area contributed by atoms with Crippen molar-refractivity contribution in [1.82, 2.24) is 4.98 Å². The van der Waals surface area contributed by atoms with Gasteiger partial charge in [0.05, 0.1) is 15.3 Å². The van der Waals surface area contributed by atoms with Crippen LogP contribution in [0.25, 0.3) is 0 Å². The molecule has 3 rings (SSSR count). The number of hydrogen-bond donors (Lipinski definition) is 0. The van der Waals surface area contributed by atoms with Crippen LogP contribution in [0, 0.1) is 11.8 Å². The Bertz CT molecular complexity index is 1200. The molecule has 0 aliphatic rings. The highest BCUT2D eigenvalue weighted by atomic mass is 79.9. The fourth-order valence-electron chi connectivity index (χ4n) is 2.25. The smallest absolute Gasteiger partial charge is 0.266 e. The number of halogens is 2. The number of carbonyl (C=O) groups is 1. The molecule has 0 aliphatic carbocycles. The van der Waals surface area contributed by atoms with Crippen molar-refractivity contribution < 1.29 is 9.00 Å². The Hall–Kier alpha value is -2.46. The van der Waals surface area contributed by atoms with E-state index in [2.05, 4.69) is 37.1 Å². The maximum atomic E-state index is 12.8. The van der Waals surface area contributed by atoms with E-state index in [1.54, 1.807) is 36.5 Å². The molecule has 1 aromatic heterocycles. The summed E-state index contributed by atoms with van der Waals surface area (Å²) in [6.07, 6.45) is 4.36. The highest BCUT2D eigenvalue weighted by Gasteiger charge is 2.12. The van der Waals surface area contributed by atoms with E-state index in [-0.39, 0.29) is 5.56 Å². The summed E-state index contributed by atoms with van der Waals surface area (Å²) in [6, 6.07) is 15.6. The number of nitrogens with zero attached hydrogens (tertiary/aromatic N) is 2. The maximum Gasteiger partial charge on any atom is 0.286 e. The third kappa shape index (κ3) is 5.29. The molecule has 1 amide bonds. The van der Waals surface area contributed by atoms with Gasteiger partial charge >= 0.3 is 0 Å². The summed E-state index contributed by atoms with van der Waals surface area (Å²) >= 11 is 9.22. The van der Waals surface area contributed by atoms with E-state index < -0.39 is 15.6 Å². The second kappa shape index (κ2) is 8.70. The standard InChI is InChI=1S/C21H14BrClN2O2S/c1-28(27,20-10-8-19(23)9-11-20)25-21(26)17-12-16(13-24-14-17)3-2-15-4-6-18(22)7-5-15/h4-14H,1H3. The predicted octanol–water partition coefficient (Wildman–Crippen LogP) is 5.19. The van der Waals surface area contributed by atoms with Crippen LogP contribution < -0.4 is 0 Å². The van der Waals surface area contributed by atoms with Gasteiger partial charge in [-0.25, -0.2) is 4.21 Å². The van der Waals surface area contributed by atoms with Crippen LogP contribution in [0.2, 0.25) is 5.02 Å². The third-order valence-corrected chi connectivity index (χ3v) is 6.13. The van der Waals surface area contributed by atoms with Crippen molar-refractivity contribution in [3.05, 3.63) is 93.2 Å². The van der Waals surface area contributed by atoms with E-state index in [1.165, 1.54) is 12.5 Å². The molecule has 7 heteroatoms. The largest absolute Gasteiger partial charge is 0.286 e. The van der Waals surface area contributed by atoms with Crippen LogP contribution in [-0.4, -0.2) is 21.4 Å². The molecule has 4 nitrogen and oxygen atoms in total. The number of aromatic nitrogens is 1. The summed E-state index contributed by atoms with van der Waals surface area (Å²) in [7, 11) is -2.90. The number of rotatable bonds is 2. The molecule has 0 N–H and O–H groups in total. The van der Waals surface area contributed by atoms with Crippen molar-refractivity contribution in [1.29, 1.82) is 0 Å². The molecule has 0 saturated heterocycles. The van der Waals surface area contributed by atoms with E-state index in [1.807, 2.05) is 24.3 Å². The highest BCUT2D eigenvalue weighted by molar-refractivity contribution is 9.10. The highest BCUT2D eigenvalue weighted by Crippen LogP contribution is 2.17. The van der Waals surface area contributed by atoms with Crippen molar-refractivity contribution in [3.63, 3.8) is 0 Å². The van der Waals surface area contributed by atoms with Crippen LogP contribution in [0.5, 0.6) is 0 Å². The van der Waals surface area contributed by atoms with E-state index in [9.17, 15) is 9.00 Å². The predicted molar refractivity (Wildman–Crippen MR) is 115 cm³/mol. The first-order valence-electron chi connectivity index (χ1n) is 8.08. The van der Waals surface area contributed by atoms with E-state index in [0.29, 0.717) is 15.5 Å². The van der Waals surface area contributed by atoms with Gasteiger partial charge in [0.25, 0.3) is 5.91 Å². The first-order chi connectivity index (χ1) is 13.3. The SMILES string of the molecule is CS(=O)(=NC(=O)c1cncc(C#Cc2ccc(Br)cc2)c1)c1ccc(Cl)cc1. The molecule has 140 valence electrons. The topological polar surface area (TPSA) is 59.4 Å². The summed E-state index contributed by atoms with van der Waals surface area (Å²) in [5, 5.41) is 0.520. The zero-order valence-electron chi connectivity index (χ0n) is 14.7. The lowest BCUT2D eigenvalue weighted by Gasteiger charge is -2.04. The summed E-state index contributed by atoms with van der Waals surface area (Å²) in [4.78, 5) is 17.0. The van der Waals surface area contributed by atoms with Crippen LogP contribution >= 0.6 is 27.5 Å². The van der Waals surface area contributed by atoms with Gasteiger partial charge in [-0.3, -0.25) is 9.78 Å². The average Bonchev–Trinajstić information content (AvgIpc) is 2.68. The summed E-state index contributed by atoms with van der Waals surface area (Å²) < 4.78 is 17.7. The minimum absolute atomic E-state index is 0.228. The van der Waals surface area contributed by atoms with Gasteiger partial charge < -0.3 is 0 Å². The Balaban J connectivity index is 1.87. The molecular weight excluding hydrogens is 460 g/mol. The molecule has 0 aliphatic heterocycles. The van der Waals surface area contributed by atoms with Crippen LogP contribution in [0.1, 0.15) is 21.5 Å². The monoisotopic (exact) mass is 472 g/mol. The number of hydrogen-bond acceptors (Lipinski definition) is 3. The van der Waals surface area contributed by atoms with Crippen molar-refractivity contribution in [2.24, 2.45) is 4.36 Å². The normalized spacial score (nSPS) is 12.4. The fourth-order valence-corrected chi connectivity index (χ4v) is 3.81. The fraction of sp³-hybridized carbons (Fsp3) is 0.0476. The Kier molecular flexibility index (Phi) is 6.30. The lowest BCUT2D eigenvalue weighted by atomic mass is 10.2. The number of amides is 1. The van der Waals surface area contributed by atoms with Gasteiger partial charge in [-0.2, -0.15) is 4.36 Å². The Labute approximate surface area is 177 Å². The first-order valence-corrected chi connectivity index (χ1v) is 11.2. The van der Waals surface area contributed by atoms with Crippen molar-refractivity contribution >= 4 is 43.2 Å². The molecular formula is C21H14BrClN2O2S. The molecule has 1 atom stereocenters. The second-order valence-electron chi connectivity index (χ2n) is 5.87. The van der Waals surface area contributed by atoms with E-state index in [4.69, 9.17) is 11.6 Å². The number of pyridine rings is 1. The van der Waals surface area contributed by atoms with Crippen LogP contribution in [-0.2, 0) is 9.73 Å². The minimum Gasteiger partial charge on any atom is -0.266 e. The summed E-state index contributed by atoms with van der Waals surface area (Å²) in [6.45, 7) is 0. The molecule has 0 fully saturated rings. The quantitative estimate of drug-likeness (QED) is 0.481. The molecule has 0 radical (unpaired) electrons. The van der Waals surface area contributed by atoms with Gasteiger partial charge in [-0.1, -0.05) is 39.4 Å². The van der Waals surface area contributed by atoms with Gasteiger partial charge in [-0.05, 0) is 54.6 Å². The molecule has 0 spiro atoms. The average molecular weight is 474 g/mol. The molecule has 3 aromatic rings. The Morgan fingerprint density at radius 1 is 1.04 bits per heavy atom. The molecule has 1 heterocycles. The summed E-state index contributed by atoms with van der Waals surface area (Å²) in [5.74, 6) is 5.37. The Morgan fingerprint density at radius 3 is 2.36 bits per heavy atom. The van der Waals surface area contributed by atoms with Crippen LogP contribution in [0.3, 0.4) is 0 Å². The zero-order chi connectivity index (χ0) is 20.1. The van der Waals surface area contributed by atoms with Gasteiger partial charge in [0, 0.05) is 44.2 Å². The molecule has 0 saturated carbocycles. The second-order valence-corrected chi connectivity index (χ2v) is 9.48. The van der Waals surface area contributed by atoms with Gasteiger partial charge in [0.1, 0.15) is 0 Å². The van der Waals surface area contributed by atoms with Gasteiger partial charge in [0.15, 0.2) is 0 Å². The molecule has 28 heavy (non-hydrogen) atoms. The van der Waals surface area contributed by atoms with Gasteiger partial charge in [-0.15, -0.1) is 0 Å². The first kappa shape index (κ1) is 20.3. The molecule has 2 aromatic carbocycles. The van der Waals surface area contributed by atoms with Crippen LogP contribution in [0.4, 0.5) is 0 Å². The lowest BCUT2D eigenvalue weighted by Crippen LogP contribution is -2.04. The summed E-state index contributed by atoms with van der Waals surface area (Å²) in [5.41, 5.74) is 1.63. The lowest BCUT2D eigenvalue weighted by molar-refractivity contribution is 0.100. The van der Waals surface area contributed by atoms with Gasteiger partial charge in [0.2, 0.25) is 0 Å². The number of carbonyl (C=O) groups excluding carboxylic acids is 1. The third-order valence-electron chi connectivity index (χ3n) is 3.69. The maximum absolute atomic E-state index is 12.8. The van der Waals surface area contributed by atoms with Crippen molar-refractivity contribution in [3.8, 4) is 11.8 Å². The molecule has 1 unspecified atom stereocenters. The number of benzene rings is 2. The minimum atomic E-state index is -2.90.